The Kier molecular flexibility index (Phi) is 5.28. The number of carbonyl (C=O) groups is 1. The summed E-state index contributed by atoms with van der Waals surface area (Å²) in [5.74, 6) is 5.46. The maximum Gasteiger partial charge on any atom is 0.265 e. The van der Waals surface area contributed by atoms with Crippen LogP contribution in [0.3, 0.4) is 0 Å². The number of rotatable bonds is 5. The molecule has 0 aliphatic heterocycles. The number of unbranched alkanes of at least 4 members (excludes halogenated alkanes) is 1. The number of carbonyl (C=O) groups excluding carboxylic acids is 1. The summed E-state index contributed by atoms with van der Waals surface area (Å²) in [4.78, 5) is 11.2. The summed E-state index contributed by atoms with van der Waals surface area (Å²) in [5, 5.41) is 0. The molecule has 0 aliphatic carbocycles. The third-order valence-corrected chi connectivity index (χ3v) is 2.70. The number of benzene rings is 1. The molecule has 1 amide bonds. The zero-order valence-corrected chi connectivity index (χ0v) is 10.7. The Morgan fingerprint density at radius 2 is 2.31 bits per heavy atom. The molecule has 0 unspecified atom stereocenters. The van der Waals surface area contributed by atoms with E-state index in [-0.39, 0.29) is 5.91 Å². The average molecular weight is 287 g/mol. The van der Waals surface area contributed by atoms with Crippen LogP contribution in [0.5, 0.6) is 5.75 Å². The first kappa shape index (κ1) is 13.0. The molecule has 0 spiro atoms. The molecule has 1 rings (SSSR count). The molecule has 88 valence electrons. The van der Waals surface area contributed by atoms with Gasteiger partial charge in [-0.15, -0.1) is 0 Å². The number of hydrogen-bond donors (Lipinski definition) is 2. The first-order valence-electron chi connectivity index (χ1n) is 5.12. The molecule has 0 atom stereocenters. The minimum absolute atomic E-state index is 0.319. The van der Waals surface area contributed by atoms with Crippen LogP contribution in [0, 0.1) is 0 Å². The van der Waals surface area contributed by atoms with E-state index < -0.39 is 0 Å². The van der Waals surface area contributed by atoms with E-state index in [1.165, 1.54) is 0 Å². The van der Waals surface area contributed by atoms with Gasteiger partial charge in [0, 0.05) is 5.56 Å². The lowest BCUT2D eigenvalue weighted by atomic mass is 10.2. The smallest absolute Gasteiger partial charge is 0.265 e. The molecule has 0 saturated heterocycles. The fourth-order valence-corrected chi connectivity index (χ4v) is 1.66. The van der Waals surface area contributed by atoms with Gasteiger partial charge in [0.25, 0.3) is 5.91 Å². The van der Waals surface area contributed by atoms with Crippen LogP contribution < -0.4 is 16.0 Å². The van der Waals surface area contributed by atoms with Crippen molar-refractivity contribution in [2.45, 2.75) is 19.8 Å². The number of ether oxygens (including phenoxy) is 1. The summed E-state index contributed by atoms with van der Waals surface area (Å²) < 4.78 is 6.29. The normalized spacial score (nSPS) is 9.94. The highest BCUT2D eigenvalue weighted by Gasteiger charge is 2.07. The molecule has 3 N–H and O–H groups in total. The lowest BCUT2D eigenvalue weighted by Gasteiger charge is -2.08. The third kappa shape index (κ3) is 3.50. The van der Waals surface area contributed by atoms with E-state index in [2.05, 4.69) is 28.3 Å². The quantitative estimate of drug-likeness (QED) is 0.378. The molecule has 0 aliphatic rings. The first-order chi connectivity index (χ1) is 7.69. The van der Waals surface area contributed by atoms with Gasteiger partial charge in [0.15, 0.2) is 0 Å². The van der Waals surface area contributed by atoms with Crippen molar-refractivity contribution in [3.63, 3.8) is 0 Å². The van der Waals surface area contributed by atoms with Crippen LogP contribution in [0.2, 0.25) is 0 Å². The Morgan fingerprint density at radius 3 is 2.88 bits per heavy atom. The Hall–Kier alpha value is -1.07. The predicted octanol–water partition coefficient (Wildman–Crippen LogP) is 2.23. The van der Waals surface area contributed by atoms with E-state index in [0.717, 1.165) is 23.1 Å². The van der Waals surface area contributed by atoms with E-state index in [9.17, 15) is 4.79 Å². The van der Waals surface area contributed by atoms with Gasteiger partial charge < -0.3 is 4.74 Å². The van der Waals surface area contributed by atoms with Gasteiger partial charge in [0.2, 0.25) is 0 Å². The number of nitrogens with one attached hydrogen (secondary N) is 1. The molecule has 16 heavy (non-hydrogen) atoms. The number of halogens is 1. The van der Waals surface area contributed by atoms with Crippen LogP contribution in [0.25, 0.3) is 0 Å². The van der Waals surface area contributed by atoms with E-state index in [0.29, 0.717) is 12.2 Å². The molecule has 0 bridgehead atoms. The second kappa shape index (κ2) is 6.50. The van der Waals surface area contributed by atoms with Gasteiger partial charge in [-0.3, -0.25) is 10.2 Å². The summed E-state index contributed by atoms with van der Waals surface area (Å²) >= 11 is 3.35. The number of hydrazine groups is 1. The Bertz CT molecular complexity index is 369. The number of amides is 1. The van der Waals surface area contributed by atoms with Gasteiger partial charge in [-0.05, 0) is 40.5 Å². The van der Waals surface area contributed by atoms with Crippen molar-refractivity contribution >= 4 is 21.8 Å². The van der Waals surface area contributed by atoms with Crippen molar-refractivity contribution < 1.29 is 9.53 Å². The molecule has 1 aromatic rings. The van der Waals surface area contributed by atoms with Gasteiger partial charge >= 0.3 is 0 Å². The fourth-order valence-electron chi connectivity index (χ4n) is 1.17. The van der Waals surface area contributed by atoms with Crippen LogP contribution >= 0.6 is 15.9 Å². The number of nitrogens with two attached hydrogens (primary N) is 1. The van der Waals surface area contributed by atoms with Gasteiger partial charge in [0.1, 0.15) is 5.75 Å². The van der Waals surface area contributed by atoms with Crippen molar-refractivity contribution in [1.29, 1.82) is 0 Å². The monoisotopic (exact) mass is 286 g/mol. The Labute approximate surface area is 103 Å². The van der Waals surface area contributed by atoms with Gasteiger partial charge in [0.05, 0.1) is 11.1 Å². The maximum absolute atomic E-state index is 11.2. The maximum atomic E-state index is 11.2. The first-order valence-corrected chi connectivity index (χ1v) is 5.91. The van der Waals surface area contributed by atoms with Gasteiger partial charge in [-0.1, -0.05) is 13.3 Å². The van der Waals surface area contributed by atoms with Crippen molar-refractivity contribution in [2.24, 2.45) is 5.84 Å². The number of nitrogen functional groups attached to an aromatic ring is 1. The van der Waals surface area contributed by atoms with Crippen molar-refractivity contribution in [2.75, 3.05) is 6.61 Å². The molecule has 5 heteroatoms. The lowest BCUT2D eigenvalue weighted by Crippen LogP contribution is -2.29. The van der Waals surface area contributed by atoms with E-state index >= 15 is 0 Å². The standard InChI is InChI=1S/C11H15BrN2O2/c1-2-3-6-16-10-5-4-8(7-9(10)12)11(15)14-13/h4-5,7H,2-3,6,13H2,1H3,(H,14,15). The van der Waals surface area contributed by atoms with Crippen molar-refractivity contribution in [1.82, 2.24) is 5.43 Å². The highest BCUT2D eigenvalue weighted by atomic mass is 79.9. The van der Waals surface area contributed by atoms with Crippen LogP contribution in [-0.2, 0) is 0 Å². The van der Waals surface area contributed by atoms with Gasteiger partial charge in [-0.25, -0.2) is 5.84 Å². The van der Waals surface area contributed by atoms with Crippen LogP contribution in [0.4, 0.5) is 0 Å². The lowest BCUT2D eigenvalue weighted by molar-refractivity contribution is 0.0953. The highest BCUT2D eigenvalue weighted by molar-refractivity contribution is 9.10. The molecule has 4 nitrogen and oxygen atoms in total. The summed E-state index contributed by atoms with van der Waals surface area (Å²) in [6, 6.07) is 5.11. The second-order valence-corrected chi connectivity index (χ2v) is 4.18. The van der Waals surface area contributed by atoms with Crippen LogP contribution in [0.1, 0.15) is 30.1 Å². The second-order valence-electron chi connectivity index (χ2n) is 3.32. The van der Waals surface area contributed by atoms with E-state index in [1.807, 2.05) is 0 Å². The van der Waals surface area contributed by atoms with Crippen LogP contribution in [-0.4, -0.2) is 12.5 Å². The molecule has 0 radical (unpaired) electrons. The van der Waals surface area contributed by atoms with Gasteiger partial charge in [-0.2, -0.15) is 0 Å². The minimum Gasteiger partial charge on any atom is -0.492 e. The fraction of sp³-hybridized carbons (Fsp3) is 0.364. The van der Waals surface area contributed by atoms with E-state index in [1.54, 1.807) is 18.2 Å². The minimum atomic E-state index is -0.319. The predicted molar refractivity (Wildman–Crippen MR) is 66.2 cm³/mol. The number of hydrogen-bond acceptors (Lipinski definition) is 3. The molecular formula is C11H15BrN2O2. The highest BCUT2D eigenvalue weighted by Crippen LogP contribution is 2.26. The summed E-state index contributed by atoms with van der Waals surface area (Å²) in [6.07, 6.45) is 2.10. The van der Waals surface area contributed by atoms with Crippen molar-refractivity contribution in [3.05, 3.63) is 28.2 Å². The van der Waals surface area contributed by atoms with Crippen LogP contribution in [0.15, 0.2) is 22.7 Å². The van der Waals surface area contributed by atoms with E-state index in [4.69, 9.17) is 10.6 Å². The average Bonchev–Trinajstić information content (AvgIpc) is 2.30. The SMILES string of the molecule is CCCCOc1ccc(C(=O)NN)cc1Br. The molecular weight excluding hydrogens is 272 g/mol. The molecule has 1 aromatic carbocycles. The molecule has 0 saturated carbocycles. The Morgan fingerprint density at radius 1 is 1.56 bits per heavy atom. The zero-order chi connectivity index (χ0) is 12.0. The molecule has 0 heterocycles. The largest absolute Gasteiger partial charge is 0.492 e. The topological polar surface area (TPSA) is 64.3 Å². The summed E-state index contributed by atoms with van der Waals surface area (Å²) in [5.41, 5.74) is 2.58. The zero-order valence-electron chi connectivity index (χ0n) is 9.13. The third-order valence-electron chi connectivity index (χ3n) is 2.08. The van der Waals surface area contributed by atoms with Crippen molar-refractivity contribution in [3.8, 4) is 5.75 Å². The summed E-state index contributed by atoms with van der Waals surface area (Å²) in [7, 11) is 0. The summed E-state index contributed by atoms with van der Waals surface area (Å²) in [6.45, 7) is 2.78. The molecule has 0 aromatic heterocycles. The molecule has 0 fully saturated rings. The Balaban J connectivity index is 2.71.